The fraction of sp³-hybridized carbons (Fsp3) is 0.533. The number of hydrogen-bond donors (Lipinski definition) is 4. The molecule has 23 heavy (non-hydrogen) atoms. The molecule has 1 rings (SSSR count). The lowest BCUT2D eigenvalue weighted by molar-refractivity contribution is -0.140. The molecule has 0 saturated carbocycles. The van der Waals surface area contributed by atoms with Crippen LogP contribution in [0.3, 0.4) is 0 Å². The Kier molecular flexibility index (Phi) is 8.08. The second kappa shape index (κ2) is 9.30. The van der Waals surface area contributed by atoms with Crippen LogP contribution in [-0.2, 0) is 4.79 Å². The Labute approximate surface area is 145 Å². The molecular weight excluding hydrogens is 343 g/mol. The Morgan fingerprint density at radius 2 is 1.91 bits per heavy atom. The molecule has 0 bridgehead atoms. The Hall–Kier alpha value is -1.05. The molecule has 0 spiro atoms. The summed E-state index contributed by atoms with van der Waals surface area (Å²) in [4.78, 5) is 12.9. The number of carbonyl (C=O) groups excluding carboxylic acids is 1. The lowest BCUT2D eigenvalue weighted by atomic mass is 10.0. The Morgan fingerprint density at radius 1 is 1.30 bits per heavy atom. The van der Waals surface area contributed by atoms with Gasteiger partial charge in [0.15, 0.2) is 6.10 Å². The zero-order chi connectivity index (χ0) is 17.6. The minimum absolute atomic E-state index is 0.00487. The van der Waals surface area contributed by atoms with E-state index in [2.05, 4.69) is 0 Å². The van der Waals surface area contributed by atoms with Gasteiger partial charge in [-0.2, -0.15) is 0 Å². The topological polar surface area (TPSA) is 107 Å². The average molecular weight is 365 g/mol. The number of likely N-dealkylation sites (N-methyl/N-ethyl adjacent to an activating group) is 1. The SMILES string of the molecule is CN(CCCCC(N)c1cc(Cl)c(Cl)cc1O)C(=O)C(O)CO. The van der Waals surface area contributed by atoms with Gasteiger partial charge in [-0.1, -0.05) is 23.2 Å². The first-order valence-electron chi connectivity index (χ1n) is 7.25. The van der Waals surface area contributed by atoms with Gasteiger partial charge in [-0.3, -0.25) is 4.79 Å². The van der Waals surface area contributed by atoms with Crippen molar-refractivity contribution in [3.05, 3.63) is 27.7 Å². The number of phenolic OH excluding ortho intramolecular Hbond substituents is 1. The van der Waals surface area contributed by atoms with E-state index in [0.717, 1.165) is 0 Å². The number of halogens is 2. The number of nitrogens with zero attached hydrogens (tertiary/aromatic N) is 1. The van der Waals surface area contributed by atoms with Crippen molar-refractivity contribution in [3.8, 4) is 5.75 Å². The Balaban J connectivity index is 2.44. The number of unbranched alkanes of at least 4 members (excludes halogenated alkanes) is 1. The predicted molar refractivity (Wildman–Crippen MR) is 89.6 cm³/mol. The molecule has 0 aliphatic heterocycles. The van der Waals surface area contributed by atoms with Crippen molar-refractivity contribution in [2.24, 2.45) is 5.73 Å². The minimum Gasteiger partial charge on any atom is -0.508 e. The lowest BCUT2D eigenvalue weighted by Crippen LogP contribution is -2.38. The van der Waals surface area contributed by atoms with Crippen LogP contribution < -0.4 is 5.73 Å². The second-order valence-corrected chi connectivity index (χ2v) is 6.20. The molecule has 1 aromatic carbocycles. The highest BCUT2D eigenvalue weighted by atomic mass is 35.5. The van der Waals surface area contributed by atoms with Crippen molar-refractivity contribution in [1.82, 2.24) is 4.90 Å². The molecule has 0 aliphatic rings. The van der Waals surface area contributed by atoms with Crippen LogP contribution in [0.1, 0.15) is 30.9 Å². The molecule has 2 unspecified atom stereocenters. The van der Waals surface area contributed by atoms with Gasteiger partial charge in [0.2, 0.25) is 0 Å². The average Bonchev–Trinajstić information content (AvgIpc) is 2.52. The standard InChI is InChI=1S/C15H22Cl2N2O4/c1-19(15(23)14(22)8-20)5-3-2-4-12(18)9-6-10(16)11(17)7-13(9)21/h6-7,12,14,20-22H,2-5,8,18H2,1H3. The maximum absolute atomic E-state index is 11.6. The number of aliphatic hydroxyl groups is 2. The van der Waals surface area contributed by atoms with Crippen LogP contribution in [0.4, 0.5) is 0 Å². The van der Waals surface area contributed by atoms with Crippen LogP contribution in [-0.4, -0.2) is 52.4 Å². The molecule has 0 saturated heterocycles. The number of rotatable bonds is 8. The summed E-state index contributed by atoms with van der Waals surface area (Å²) in [7, 11) is 1.56. The number of nitrogens with two attached hydrogens (primary N) is 1. The third-order valence-electron chi connectivity index (χ3n) is 3.56. The third kappa shape index (κ3) is 5.82. The van der Waals surface area contributed by atoms with E-state index in [1.807, 2.05) is 0 Å². The maximum Gasteiger partial charge on any atom is 0.253 e. The number of aromatic hydroxyl groups is 1. The highest BCUT2D eigenvalue weighted by Gasteiger charge is 2.18. The number of carbonyl (C=O) groups is 1. The van der Waals surface area contributed by atoms with Gasteiger partial charge in [0.05, 0.1) is 16.7 Å². The summed E-state index contributed by atoms with van der Waals surface area (Å²) in [5.74, 6) is -0.510. The van der Waals surface area contributed by atoms with Crippen LogP contribution in [0.5, 0.6) is 5.75 Å². The van der Waals surface area contributed by atoms with Gasteiger partial charge in [-0.15, -0.1) is 0 Å². The summed E-state index contributed by atoms with van der Waals surface area (Å²) in [6.45, 7) is -0.152. The van der Waals surface area contributed by atoms with E-state index in [9.17, 15) is 15.0 Å². The molecule has 0 heterocycles. The molecule has 0 aliphatic carbocycles. The van der Waals surface area contributed by atoms with Crippen molar-refractivity contribution < 1.29 is 20.1 Å². The summed E-state index contributed by atoms with van der Waals surface area (Å²) in [6.07, 6.45) is 0.607. The van der Waals surface area contributed by atoms with E-state index < -0.39 is 24.7 Å². The van der Waals surface area contributed by atoms with Gasteiger partial charge in [-0.25, -0.2) is 0 Å². The van der Waals surface area contributed by atoms with E-state index in [4.69, 9.17) is 34.0 Å². The van der Waals surface area contributed by atoms with Gasteiger partial charge < -0.3 is 26.0 Å². The van der Waals surface area contributed by atoms with Crippen molar-refractivity contribution in [2.45, 2.75) is 31.4 Å². The number of phenols is 1. The lowest BCUT2D eigenvalue weighted by Gasteiger charge is -2.20. The van der Waals surface area contributed by atoms with Gasteiger partial charge in [0.1, 0.15) is 5.75 Å². The van der Waals surface area contributed by atoms with E-state index >= 15 is 0 Å². The highest BCUT2D eigenvalue weighted by Crippen LogP contribution is 2.34. The quantitative estimate of drug-likeness (QED) is 0.525. The molecule has 6 nitrogen and oxygen atoms in total. The molecule has 1 aromatic rings. The maximum atomic E-state index is 11.6. The summed E-state index contributed by atoms with van der Waals surface area (Å²) >= 11 is 11.7. The molecule has 2 atom stereocenters. The van der Waals surface area contributed by atoms with E-state index in [1.165, 1.54) is 11.0 Å². The molecule has 1 amide bonds. The van der Waals surface area contributed by atoms with Crippen molar-refractivity contribution >= 4 is 29.1 Å². The van der Waals surface area contributed by atoms with E-state index in [0.29, 0.717) is 36.4 Å². The van der Waals surface area contributed by atoms with Gasteiger partial charge in [0.25, 0.3) is 5.91 Å². The zero-order valence-electron chi connectivity index (χ0n) is 12.9. The van der Waals surface area contributed by atoms with Gasteiger partial charge in [0, 0.05) is 31.3 Å². The molecule has 0 fully saturated rings. The van der Waals surface area contributed by atoms with Crippen molar-refractivity contribution in [2.75, 3.05) is 20.2 Å². The van der Waals surface area contributed by atoms with E-state index in [1.54, 1.807) is 13.1 Å². The number of benzene rings is 1. The first-order chi connectivity index (χ1) is 10.8. The van der Waals surface area contributed by atoms with Crippen LogP contribution >= 0.6 is 23.2 Å². The molecule has 8 heteroatoms. The summed E-state index contributed by atoms with van der Waals surface area (Å²) < 4.78 is 0. The minimum atomic E-state index is -1.38. The molecule has 130 valence electrons. The number of aliphatic hydroxyl groups excluding tert-OH is 2. The summed E-state index contributed by atoms with van der Waals surface area (Å²) in [6, 6.07) is 2.52. The molecule has 0 radical (unpaired) electrons. The normalized spacial score (nSPS) is 13.7. The second-order valence-electron chi connectivity index (χ2n) is 5.39. The van der Waals surface area contributed by atoms with Gasteiger partial charge in [-0.05, 0) is 25.3 Å². The van der Waals surface area contributed by atoms with Gasteiger partial charge >= 0.3 is 0 Å². The summed E-state index contributed by atoms with van der Waals surface area (Å²) in [5.41, 5.74) is 6.57. The van der Waals surface area contributed by atoms with Crippen molar-refractivity contribution in [3.63, 3.8) is 0 Å². The monoisotopic (exact) mass is 364 g/mol. The Bertz CT molecular complexity index is 542. The van der Waals surface area contributed by atoms with Crippen LogP contribution in [0, 0.1) is 0 Å². The highest BCUT2D eigenvalue weighted by molar-refractivity contribution is 6.42. The van der Waals surface area contributed by atoms with Crippen LogP contribution in [0.15, 0.2) is 12.1 Å². The summed E-state index contributed by atoms with van der Waals surface area (Å²) in [5, 5.41) is 28.5. The molecular formula is C15H22Cl2N2O4. The van der Waals surface area contributed by atoms with E-state index in [-0.39, 0.29) is 10.8 Å². The molecule has 5 N–H and O–H groups in total. The molecule has 0 aromatic heterocycles. The zero-order valence-corrected chi connectivity index (χ0v) is 14.4. The first-order valence-corrected chi connectivity index (χ1v) is 8.00. The largest absolute Gasteiger partial charge is 0.508 e. The third-order valence-corrected chi connectivity index (χ3v) is 4.28. The fourth-order valence-electron chi connectivity index (χ4n) is 2.16. The van der Waals surface area contributed by atoms with Crippen LogP contribution in [0.25, 0.3) is 0 Å². The first kappa shape index (κ1) is 20.0. The number of amides is 1. The Morgan fingerprint density at radius 3 is 2.52 bits per heavy atom. The fourth-order valence-corrected chi connectivity index (χ4v) is 2.49. The number of hydrogen-bond acceptors (Lipinski definition) is 5. The predicted octanol–water partition coefficient (Wildman–Crippen LogP) is 1.68. The smallest absolute Gasteiger partial charge is 0.253 e. The van der Waals surface area contributed by atoms with Crippen LogP contribution in [0.2, 0.25) is 10.0 Å². The van der Waals surface area contributed by atoms with Crippen molar-refractivity contribution in [1.29, 1.82) is 0 Å².